The van der Waals surface area contributed by atoms with Crippen LogP contribution in [-0.2, 0) is 9.53 Å². The summed E-state index contributed by atoms with van der Waals surface area (Å²) in [6.07, 6.45) is 0. The number of rotatable bonds is 4. The van der Waals surface area contributed by atoms with E-state index in [1.165, 1.54) is 19.2 Å². The maximum Gasteiger partial charge on any atom is 0.319 e. The zero-order valence-electron chi connectivity index (χ0n) is 8.79. The van der Waals surface area contributed by atoms with Gasteiger partial charge in [0, 0.05) is 6.04 Å². The lowest BCUT2D eigenvalue weighted by Crippen LogP contribution is -2.26. The lowest BCUT2D eigenvalue weighted by Gasteiger charge is -2.12. The Morgan fingerprint density at radius 3 is 2.60 bits per heavy atom. The Bertz CT molecular complexity index is 324. The quantitative estimate of drug-likeness (QED) is 0.769. The van der Waals surface area contributed by atoms with E-state index in [0.29, 0.717) is 0 Å². The van der Waals surface area contributed by atoms with Crippen LogP contribution in [0.25, 0.3) is 0 Å². The number of esters is 1. The topological polar surface area (TPSA) is 38.3 Å². The third-order valence-electron chi connectivity index (χ3n) is 2.15. The Morgan fingerprint density at radius 1 is 1.47 bits per heavy atom. The standard InChI is InChI=1S/C11H14FNO2/c1-8(13-7-11(14)15-2)9-3-5-10(12)6-4-9/h3-6,8,13H,7H2,1-2H3/t8-/m0/s1. The Kier molecular flexibility index (Phi) is 4.24. The van der Waals surface area contributed by atoms with E-state index in [2.05, 4.69) is 10.1 Å². The van der Waals surface area contributed by atoms with Gasteiger partial charge in [0.15, 0.2) is 0 Å². The monoisotopic (exact) mass is 211 g/mol. The first kappa shape index (κ1) is 11.7. The van der Waals surface area contributed by atoms with Crippen LogP contribution in [0.2, 0.25) is 0 Å². The fraction of sp³-hybridized carbons (Fsp3) is 0.364. The van der Waals surface area contributed by atoms with Crippen molar-refractivity contribution in [1.29, 1.82) is 0 Å². The lowest BCUT2D eigenvalue weighted by atomic mass is 10.1. The number of nitrogens with one attached hydrogen (secondary N) is 1. The first-order valence-corrected chi connectivity index (χ1v) is 4.69. The molecule has 1 N–H and O–H groups in total. The Morgan fingerprint density at radius 2 is 2.07 bits per heavy atom. The molecule has 0 aliphatic carbocycles. The van der Waals surface area contributed by atoms with Crippen LogP contribution in [0.5, 0.6) is 0 Å². The van der Waals surface area contributed by atoms with Crippen LogP contribution in [-0.4, -0.2) is 19.6 Å². The maximum atomic E-state index is 12.6. The van der Waals surface area contributed by atoms with E-state index in [1.54, 1.807) is 12.1 Å². The summed E-state index contributed by atoms with van der Waals surface area (Å²) < 4.78 is 17.1. The molecule has 0 saturated heterocycles. The number of hydrogen-bond acceptors (Lipinski definition) is 3. The zero-order valence-corrected chi connectivity index (χ0v) is 8.79. The van der Waals surface area contributed by atoms with Gasteiger partial charge in [0.25, 0.3) is 0 Å². The van der Waals surface area contributed by atoms with Gasteiger partial charge in [-0.05, 0) is 24.6 Å². The van der Waals surface area contributed by atoms with E-state index in [4.69, 9.17) is 0 Å². The third kappa shape index (κ3) is 3.67. The van der Waals surface area contributed by atoms with Gasteiger partial charge >= 0.3 is 5.97 Å². The minimum absolute atomic E-state index is 0.00954. The fourth-order valence-corrected chi connectivity index (χ4v) is 1.18. The molecule has 0 aliphatic heterocycles. The van der Waals surface area contributed by atoms with Crippen molar-refractivity contribution in [3.63, 3.8) is 0 Å². The summed E-state index contributed by atoms with van der Waals surface area (Å²) >= 11 is 0. The lowest BCUT2D eigenvalue weighted by molar-refractivity contribution is -0.139. The molecular weight excluding hydrogens is 197 g/mol. The van der Waals surface area contributed by atoms with Crippen molar-refractivity contribution < 1.29 is 13.9 Å². The minimum Gasteiger partial charge on any atom is -0.468 e. The molecular formula is C11H14FNO2. The van der Waals surface area contributed by atoms with E-state index in [9.17, 15) is 9.18 Å². The number of benzene rings is 1. The second-order valence-corrected chi connectivity index (χ2v) is 3.23. The molecule has 82 valence electrons. The van der Waals surface area contributed by atoms with Gasteiger partial charge in [-0.2, -0.15) is 0 Å². The van der Waals surface area contributed by atoms with E-state index in [-0.39, 0.29) is 24.4 Å². The molecule has 1 rings (SSSR count). The highest BCUT2D eigenvalue weighted by Gasteiger charge is 2.07. The summed E-state index contributed by atoms with van der Waals surface area (Å²) in [6, 6.07) is 6.15. The van der Waals surface area contributed by atoms with Gasteiger partial charge in [-0.15, -0.1) is 0 Å². The molecule has 0 spiro atoms. The number of methoxy groups -OCH3 is 1. The van der Waals surface area contributed by atoms with Crippen LogP contribution in [0.3, 0.4) is 0 Å². The normalized spacial score (nSPS) is 12.2. The highest BCUT2D eigenvalue weighted by molar-refractivity contribution is 5.71. The number of carbonyl (C=O) groups is 1. The van der Waals surface area contributed by atoms with Crippen LogP contribution < -0.4 is 5.32 Å². The molecule has 15 heavy (non-hydrogen) atoms. The van der Waals surface area contributed by atoms with Gasteiger partial charge in [-0.3, -0.25) is 4.79 Å². The highest BCUT2D eigenvalue weighted by atomic mass is 19.1. The summed E-state index contributed by atoms with van der Waals surface area (Å²) in [7, 11) is 1.34. The smallest absolute Gasteiger partial charge is 0.319 e. The molecule has 3 nitrogen and oxygen atoms in total. The molecule has 0 bridgehead atoms. The highest BCUT2D eigenvalue weighted by Crippen LogP contribution is 2.12. The van der Waals surface area contributed by atoms with Crippen molar-refractivity contribution >= 4 is 5.97 Å². The zero-order chi connectivity index (χ0) is 11.3. The van der Waals surface area contributed by atoms with Gasteiger partial charge in [0.1, 0.15) is 5.82 Å². The molecule has 1 aromatic rings. The number of halogens is 1. The largest absolute Gasteiger partial charge is 0.468 e. The summed E-state index contributed by atoms with van der Waals surface area (Å²) in [4.78, 5) is 10.9. The molecule has 0 radical (unpaired) electrons. The fourth-order valence-electron chi connectivity index (χ4n) is 1.18. The van der Waals surface area contributed by atoms with Crippen molar-refractivity contribution in [2.24, 2.45) is 0 Å². The average molecular weight is 211 g/mol. The predicted octanol–water partition coefficient (Wildman–Crippen LogP) is 1.65. The van der Waals surface area contributed by atoms with Crippen LogP contribution in [0, 0.1) is 5.82 Å². The molecule has 0 aromatic heterocycles. The molecule has 1 aromatic carbocycles. The van der Waals surface area contributed by atoms with Crippen molar-refractivity contribution in [2.75, 3.05) is 13.7 Å². The van der Waals surface area contributed by atoms with Crippen molar-refractivity contribution in [3.8, 4) is 0 Å². The average Bonchev–Trinajstić information content (AvgIpc) is 2.26. The maximum absolute atomic E-state index is 12.6. The first-order valence-electron chi connectivity index (χ1n) is 4.69. The molecule has 4 heteroatoms. The van der Waals surface area contributed by atoms with Crippen molar-refractivity contribution in [2.45, 2.75) is 13.0 Å². The Hall–Kier alpha value is -1.42. The summed E-state index contributed by atoms with van der Waals surface area (Å²) in [5, 5.41) is 2.97. The second-order valence-electron chi connectivity index (χ2n) is 3.23. The van der Waals surface area contributed by atoms with Crippen molar-refractivity contribution in [1.82, 2.24) is 5.32 Å². The van der Waals surface area contributed by atoms with Crippen molar-refractivity contribution in [3.05, 3.63) is 35.6 Å². The molecule has 0 saturated carbocycles. The van der Waals surface area contributed by atoms with Gasteiger partial charge in [0.2, 0.25) is 0 Å². The molecule has 0 aliphatic rings. The number of hydrogen-bond donors (Lipinski definition) is 1. The van der Waals surface area contributed by atoms with E-state index in [0.717, 1.165) is 5.56 Å². The molecule has 0 amide bonds. The van der Waals surface area contributed by atoms with Crippen LogP contribution in [0.4, 0.5) is 4.39 Å². The van der Waals surface area contributed by atoms with E-state index in [1.807, 2.05) is 6.92 Å². The molecule has 1 atom stereocenters. The van der Waals surface area contributed by atoms with Crippen LogP contribution >= 0.6 is 0 Å². The van der Waals surface area contributed by atoms with Gasteiger partial charge < -0.3 is 10.1 Å². The van der Waals surface area contributed by atoms with Gasteiger partial charge in [0.05, 0.1) is 13.7 Å². The molecule has 0 heterocycles. The van der Waals surface area contributed by atoms with Gasteiger partial charge in [-0.25, -0.2) is 4.39 Å². The molecule has 0 unspecified atom stereocenters. The third-order valence-corrected chi connectivity index (χ3v) is 2.15. The Labute approximate surface area is 88.2 Å². The first-order chi connectivity index (χ1) is 7.13. The summed E-state index contributed by atoms with van der Waals surface area (Å²) in [5.74, 6) is -0.581. The summed E-state index contributed by atoms with van der Waals surface area (Å²) in [5.41, 5.74) is 0.931. The van der Waals surface area contributed by atoms with E-state index >= 15 is 0 Å². The SMILES string of the molecule is COC(=O)CN[C@@H](C)c1ccc(F)cc1. The van der Waals surface area contributed by atoms with E-state index < -0.39 is 0 Å². The second kappa shape index (κ2) is 5.46. The van der Waals surface area contributed by atoms with Crippen LogP contribution in [0.1, 0.15) is 18.5 Å². The summed E-state index contributed by atoms with van der Waals surface area (Å²) in [6.45, 7) is 2.05. The van der Waals surface area contributed by atoms with Crippen LogP contribution in [0.15, 0.2) is 24.3 Å². The number of ether oxygens (including phenoxy) is 1. The minimum atomic E-state index is -0.316. The van der Waals surface area contributed by atoms with Gasteiger partial charge in [-0.1, -0.05) is 12.1 Å². The number of carbonyl (C=O) groups excluding carboxylic acids is 1. The Balaban J connectivity index is 2.50. The predicted molar refractivity (Wildman–Crippen MR) is 54.8 cm³/mol. The molecule has 0 fully saturated rings.